The first kappa shape index (κ1) is 14.2. The van der Waals surface area contributed by atoms with Crippen molar-refractivity contribution >= 4 is 28.6 Å². The zero-order chi connectivity index (χ0) is 16.9. The van der Waals surface area contributed by atoms with E-state index in [2.05, 4.69) is 4.98 Å². The van der Waals surface area contributed by atoms with E-state index >= 15 is 0 Å². The van der Waals surface area contributed by atoms with E-state index < -0.39 is 23.0 Å². The minimum absolute atomic E-state index is 0.161. The molecule has 124 valence electrons. The first-order valence-electron chi connectivity index (χ1n) is 8.28. The molecular formula is C18H18N2O4. The molecule has 2 unspecified atom stereocenters. The van der Waals surface area contributed by atoms with Crippen molar-refractivity contribution in [2.75, 3.05) is 4.90 Å². The second-order valence-electron chi connectivity index (χ2n) is 7.58. The molecule has 3 aliphatic heterocycles. The van der Waals surface area contributed by atoms with E-state index in [0.717, 1.165) is 18.4 Å². The lowest BCUT2D eigenvalue weighted by Gasteiger charge is -2.27. The van der Waals surface area contributed by atoms with Crippen LogP contribution in [0.4, 0.5) is 5.69 Å². The van der Waals surface area contributed by atoms with Gasteiger partial charge in [0.1, 0.15) is 5.52 Å². The molecule has 6 heteroatoms. The number of carbonyl (C=O) groups excluding carboxylic acids is 2. The van der Waals surface area contributed by atoms with Gasteiger partial charge in [0.15, 0.2) is 11.5 Å². The Morgan fingerprint density at radius 3 is 2.38 bits per heavy atom. The van der Waals surface area contributed by atoms with E-state index in [-0.39, 0.29) is 11.8 Å². The van der Waals surface area contributed by atoms with Gasteiger partial charge >= 0.3 is 0 Å². The largest absolute Gasteiger partial charge is 0.441 e. The van der Waals surface area contributed by atoms with Gasteiger partial charge in [-0.3, -0.25) is 9.59 Å². The molecule has 1 aromatic heterocycles. The van der Waals surface area contributed by atoms with E-state index in [1.807, 2.05) is 13.8 Å². The Balaban J connectivity index is 1.62. The molecule has 0 saturated carbocycles. The number of fused-ring (bicyclic) bond motifs is 6. The normalized spacial score (nSPS) is 37.7. The fraction of sp³-hybridized carbons (Fsp3) is 0.500. The van der Waals surface area contributed by atoms with Crippen LogP contribution in [0.3, 0.4) is 0 Å². The van der Waals surface area contributed by atoms with Gasteiger partial charge in [0.25, 0.3) is 0 Å². The van der Waals surface area contributed by atoms with E-state index in [1.165, 1.54) is 4.90 Å². The van der Waals surface area contributed by atoms with Crippen molar-refractivity contribution in [3.05, 3.63) is 24.1 Å². The fourth-order valence-electron chi connectivity index (χ4n) is 4.89. The lowest BCUT2D eigenvalue weighted by molar-refractivity contribution is -0.129. The lowest BCUT2D eigenvalue weighted by Crippen LogP contribution is -2.40. The van der Waals surface area contributed by atoms with Crippen LogP contribution in [-0.4, -0.2) is 28.0 Å². The SMILES string of the molecule is Cc1nc2ccc(N3C(=O)[C@@H]4[C@H](C3=O)C3(C)CCC4(C)O3)cc2o1. The van der Waals surface area contributed by atoms with Crippen molar-refractivity contribution in [2.24, 2.45) is 11.8 Å². The molecule has 0 spiro atoms. The number of hydrogen-bond acceptors (Lipinski definition) is 5. The van der Waals surface area contributed by atoms with Crippen molar-refractivity contribution in [3.8, 4) is 0 Å². The number of aryl methyl sites for hydroxylation is 1. The molecule has 4 heterocycles. The molecule has 6 nitrogen and oxygen atoms in total. The van der Waals surface area contributed by atoms with Crippen molar-refractivity contribution in [1.82, 2.24) is 4.98 Å². The topological polar surface area (TPSA) is 72.6 Å². The van der Waals surface area contributed by atoms with Gasteiger partial charge in [0.2, 0.25) is 11.8 Å². The smallest absolute Gasteiger partial charge is 0.240 e. The summed E-state index contributed by atoms with van der Waals surface area (Å²) in [4.78, 5) is 31.7. The fourth-order valence-corrected chi connectivity index (χ4v) is 4.89. The summed E-state index contributed by atoms with van der Waals surface area (Å²) in [6, 6.07) is 5.26. The predicted octanol–water partition coefficient (Wildman–Crippen LogP) is 2.58. The van der Waals surface area contributed by atoms with Crippen LogP contribution in [0.15, 0.2) is 22.6 Å². The maximum absolute atomic E-state index is 13.1. The Morgan fingerprint density at radius 2 is 1.75 bits per heavy atom. The summed E-state index contributed by atoms with van der Waals surface area (Å²) >= 11 is 0. The summed E-state index contributed by atoms with van der Waals surface area (Å²) in [6.07, 6.45) is 1.63. The number of anilines is 1. The number of rotatable bonds is 1. The molecule has 2 amide bonds. The molecule has 3 saturated heterocycles. The van der Waals surface area contributed by atoms with Crippen LogP contribution < -0.4 is 4.90 Å². The second kappa shape index (κ2) is 4.06. The summed E-state index contributed by atoms with van der Waals surface area (Å²) in [7, 11) is 0. The van der Waals surface area contributed by atoms with Crippen LogP contribution in [0.5, 0.6) is 0 Å². The first-order chi connectivity index (χ1) is 11.3. The molecule has 3 fully saturated rings. The highest BCUT2D eigenvalue weighted by molar-refractivity contribution is 6.23. The van der Waals surface area contributed by atoms with E-state index in [9.17, 15) is 9.59 Å². The van der Waals surface area contributed by atoms with Gasteiger partial charge < -0.3 is 9.15 Å². The van der Waals surface area contributed by atoms with Gasteiger partial charge in [-0.1, -0.05) is 0 Å². The Hall–Kier alpha value is -2.21. The van der Waals surface area contributed by atoms with Crippen molar-refractivity contribution < 1.29 is 18.7 Å². The number of imide groups is 1. The second-order valence-corrected chi connectivity index (χ2v) is 7.58. The van der Waals surface area contributed by atoms with Gasteiger partial charge in [-0.25, -0.2) is 9.88 Å². The monoisotopic (exact) mass is 326 g/mol. The lowest BCUT2D eigenvalue weighted by atomic mass is 9.69. The van der Waals surface area contributed by atoms with Crippen molar-refractivity contribution in [1.29, 1.82) is 0 Å². The number of aromatic nitrogens is 1. The van der Waals surface area contributed by atoms with Crippen LogP contribution in [0.25, 0.3) is 11.1 Å². The molecule has 0 aliphatic carbocycles. The third-order valence-corrected chi connectivity index (χ3v) is 5.94. The Bertz CT molecular complexity index is 885. The van der Waals surface area contributed by atoms with Crippen LogP contribution >= 0.6 is 0 Å². The van der Waals surface area contributed by atoms with E-state index in [1.54, 1.807) is 25.1 Å². The summed E-state index contributed by atoms with van der Waals surface area (Å²) in [5.41, 5.74) is 0.786. The summed E-state index contributed by atoms with van der Waals surface area (Å²) < 4.78 is 11.7. The van der Waals surface area contributed by atoms with Crippen LogP contribution in [0, 0.1) is 18.8 Å². The molecule has 2 bridgehead atoms. The number of amides is 2. The van der Waals surface area contributed by atoms with Gasteiger partial charge in [-0.2, -0.15) is 0 Å². The zero-order valence-electron chi connectivity index (χ0n) is 13.8. The zero-order valence-corrected chi connectivity index (χ0v) is 13.8. The number of benzene rings is 1. The van der Waals surface area contributed by atoms with Crippen LogP contribution in [-0.2, 0) is 14.3 Å². The molecule has 24 heavy (non-hydrogen) atoms. The van der Waals surface area contributed by atoms with Crippen molar-refractivity contribution in [3.63, 3.8) is 0 Å². The molecule has 0 radical (unpaired) electrons. The standard InChI is InChI=1S/C18H18N2O4/c1-9-19-11-5-4-10(8-12(11)23-9)20-15(21)13-14(16(20)22)18(3)7-6-17(13,2)24-18/h4-5,8,13-14H,6-7H2,1-3H3/t13-,14+,17?,18?. The molecule has 2 aromatic rings. The molecule has 5 rings (SSSR count). The average Bonchev–Trinajstić information content (AvgIpc) is 3.17. The molecule has 4 atom stereocenters. The number of ether oxygens (including phenoxy) is 1. The third kappa shape index (κ3) is 1.52. The summed E-state index contributed by atoms with van der Waals surface area (Å²) in [6.45, 7) is 5.69. The maximum atomic E-state index is 13.1. The van der Waals surface area contributed by atoms with Crippen LogP contribution in [0.1, 0.15) is 32.6 Å². The van der Waals surface area contributed by atoms with Gasteiger partial charge in [0, 0.05) is 13.0 Å². The molecule has 3 aliphatic rings. The third-order valence-electron chi connectivity index (χ3n) is 5.94. The summed E-state index contributed by atoms with van der Waals surface area (Å²) in [5.74, 6) is -0.547. The highest BCUT2D eigenvalue weighted by Crippen LogP contribution is 2.60. The Morgan fingerprint density at radius 1 is 1.12 bits per heavy atom. The van der Waals surface area contributed by atoms with E-state index in [0.29, 0.717) is 17.2 Å². The Kier molecular flexibility index (Phi) is 2.39. The van der Waals surface area contributed by atoms with Crippen LogP contribution in [0.2, 0.25) is 0 Å². The molecule has 1 aromatic carbocycles. The number of nitrogens with zero attached hydrogens (tertiary/aromatic N) is 2. The average molecular weight is 326 g/mol. The van der Waals surface area contributed by atoms with E-state index in [4.69, 9.17) is 9.15 Å². The highest BCUT2D eigenvalue weighted by Gasteiger charge is 2.72. The molecular weight excluding hydrogens is 308 g/mol. The Labute approximate surface area is 138 Å². The minimum Gasteiger partial charge on any atom is -0.441 e. The first-order valence-corrected chi connectivity index (χ1v) is 8.28. The predicted molar refractivity (Wildman–Crippen MR) is 85.3 cm³/mol. The molecule has 0 N–H and O–H groups in total. The van der Waals surface area contributed by atoms with Gasteiger partial charge in [0.05, 0.1) is 28.7 Å². The number of hydrogen-bond donors (Lipinski definition) is 0. The quantitative estimate of drug-likeness (QED) is 0.753. The number of oxazole rings is 1. The van der Waals surface area contributed by atoms with Crippen molar-refractivity contribution in [2.45, 2.75) is 44.8 Å². The summed E-state index contributed by atoms with van der Waals surface area (Å²) in [5, 5.41) is 0. The minimum atomic E-state index is -0.534. The van der Waals surface area contributed by atoms with Gasteiger partial charge in [-0.15, -0.1) is 0 Å². The highest BCUT2D eigenvalue weighted by atomic mass is 16.5. The number of carbonyl (C=O) groups is 2. The van der Waals surface area contributed by atoms with Gasteiger partial charge in [-0.05, 0) is 38.8 Å². The maximum Gasteiger partial charge on any atom is 0.240 e.